The van der Waals surface area contributed by atoms with Gasteiger partial charge in [-0.05, 0) is 44.0 Å². The number of hydrogen-bond acceptors (Lipinski definition) is 7. The second-order valence-corrected chi connectivity index (χ2v) is 8.86. The lowest BCUT2D eigenvalue weighted by Gasteiger charge is -2.24. The van der Waals surface area contributed by atoms with E-state index in [-0.39, 0.29) is 19.6 Å². The molecule has 2 rings (SSSR count). The van der Waals surface area contributed by atoms with Crippen molar-refractivity contribution in [2.75, 3.05) is 20.8 Å². The van der Waals surface area contributed by atoms with Gasteiger partial charge in [-0.25, -0.2) is 9.59 Å². The Morgan fingerprint density at radius 1 is 0.857 bits per heavy atom. The SMILES string of the molecule is COC[C@H](NC(=O)OC(C)(C)C)C(=O)N[C@@H](Cc1ccc(OC)cc1)C(=O)OCc1ccccc1. The summed E-state index contributed by atoms with van der Waals surface area (Å²) in [4.78, 5) is 38.2. The fourth-order valence-corrected chi connectivity index (χ4v) is 3.09. The second-order valence-electron chi connectivity index (χ2n) is 8.86. The molecule has 9 heteroatoms. The molecule has 0 radical (unpaired) electrons. The minimum atomic E-state index is -1.07. The molecule has 0 fully saturated rings. The number of benzene rings is 2. The molecule has 0 aliphatic heterocycles. The molecule has 190 valence electrons. The van der Waals surface area contributed by atoms with Crippen molar-refractivity contribution in [3.8, 4) is 5.75 Å². The first-order valence-electron chi connectivity index (χ1n) is 11.2. The largest absolute Gasteiger partial charge is 0.497 e. The number of rotatable bonds is 11. The van der Waals surface area contributed by atoms with Crippen molar-refractivity contribution in [1.82, 2.24) is 10.6 Å². The Morgan fingerprint density at radius 3 is 2.09 bits per heavy atom. The fourth-order valence-electron chi connectivity index (χ4n) is 3.09. The van der Waals surface area contributed by atoms with E-state index in [0.717, 1.165) is 11.1 Å². The minimum Gasteiger partial charge on any atom is -0.497 e. The normalized spacial score (nSPS) is 12.7. The number of carbonyl (C=O) groups excluding carboxylic acids is 3. The highest BCUT2D eigenvalue weighted by atomic mass is 16.6. The third-order valence-corrected chi connectivity index (χ3v) is 4.76. The van der Waals surface area contributed by atoms with Crippen LogP contribution in [0.4, 0.5) is 4.79 Å². The van der Waals surface area contributed by atoms with E-state index in [1.54, 1.807) is 52.1 Å². The predicted molar refractivity (Wildman–Crippen MR) is 130 cm³/mol. The highest BCUT2D eigenvalue weighted by Gasteiger charge is 2.29. The maximum absolute atomic E-state index is 13.0. The molecule has 0 heterocycles. The smallest absolute Gasteiger partial charge is 0.408 e. The van der Waals surface area contributed by atoms with E-state index in [1.165, 1.54) is 7.11 Å². The molecular weight excluding hydrogens is 452 g/mol. The molecule has 2 atom stereocenters. The van der Waals surface area contributed by atoms with Crippen molar-refractivity contribution in [1.29, 1.82) is 0 Å². The van der Waals surface area contributed by atoms with Crippen molar-refractivity contribution >= 4 is 18.0 Å². The van der Waals surface area contributed by atoms with Crippen molar-refractivity contribution < 1.29 is 33.3 Å². The van der Waals surface area contributed by atoms with Gasteiger partial charge >= 0.3 is 12.1 Å². The number of amides is 2. The molecule has 0 aromatic heterocycles. The average Bonchev–Trinajstić information content (AvgIpc) is 2.81. The third-order valence-electron chi connectivity index (χ3n) is 4.76. The monoisotopic (exact) mass is 486 g/mol. The Labute approximate surface area is 206 Å². The number of hydrogen-bond donors (Lipinski definition) is 2. The average molecular weight is 487 g/mol. The Hall–Kier alpha value is -3.59. The van der Waals surface area contributed by atoms with Gasteiger partial charge in [0.25, 0.3) is 0 Å². The molecule has 0 spiro atoms. The van der Waals surface area contributed by atoms with Gasteiger partial charge in [-0.2, -0.15) is 0 Å². The third kappa shape index (κ3) is 10.1. The lowest BCUT2D eigenvalue weighted by Crippen LogP contribution is -2.54. The summed E-state index contributed by atoms with van der Waals surface area (Å²) in [5.41, 5.74) is 0.867. The topological polar surface area (TPSA) is 112 Å². The molecule has 9 nitrogen and oxygen atoms in total. The summed E-state index contributed by atoms with van der Waals surface area (Å²) in [7, 11) is 2.96. The van der Waals surface area contributed by atoms with Gasteiger partial charge in [0, 0.05) is 13.5 Å². The van der Waals surface area contributed by atoms with Crippen molar-refractivity contribution in [2.45, 2.75) is 51.5 Å². The van der Waals surface area contributed by atoms with E-state index >= 15 is 0 Å². The van der Waals surface area contributed by atoms with Gasteiger partial charge in [-0.3, -0.25) is 4.79 Å². The van der Waals surface area contributed by atoms with Crippen LogP contribution >= 0.6 is 0 Å². The van der Waals surface area contributed by atoms with E-state index in [9.17, 15) is 14.4 Å². The highest BCUT2D eigenvalue weighted by Crippen LogP contribution is 2.14. The van der Waals surface area contributed by atoms with Crippen LogP contribution in [-0.2, 0) is 36.8 Å². The van der Waals surface area contributed by atoms with Gasteiger partial charge in [0.05, 0.1) is 13.7 Å². The zero-order valence-corrected chi connectivity index (χ0v) is 20.8. The Kier molecular flexibility index (Phi) is 10.5. The highest BCUT2D eigenvalue weighted by molar-refractivity contribution is 5.90. The molecular formula is C26H34N2O7. The lowest BCUT2D eigenvalue weighted by atomic mass is 10.1. The number of methoxy groups -OCH3 is 2. The van der Waals surface area contributed by atoms with Crippen molar-refractivity contribution in [3.05, 3.63) is 65.7 Å². The summed E-state index contributed by atoms with van der Waals surface area (Å²) in [5.74, 6) is -0.540. The number of ether oxygens (including phenoxy) is 4. The van der Waals surface area contributed by atoms with Crippen LogP contribution in [0, 0.1) is 0 Å². The summed E-state index contributed by atoms with van der Waals surface area (Å²) in [6.45, 7) is 5.09. The number of carbonyl (C=O) groups is 3. The Morgan fingerprint density at radius 2 is 1.51 bits per heavy atom. The van der Waals surface area contributed by atoms with Crippen LogP contribution in [-0.4, -0.2) is 56.5 Å². The number of alkyl carbamates (subject to hydrolysis) is 1. The molecule has 2 amide bonds. The van der Waals surface area contributed by atoms with Gasteiger partial charge in [-0.1, -0.05) is 42.5 Å². The number of esters is 1. The maximum Gasteiger partial charge on any atom is 0.408 e. The Balaban J connectivity index is 2.14. The van der Waals surface area contributed by atoms with E-state index in [4.69, 9.17) is 18.9 Å². The van der Waals surface area contributed by atoms with Crippen LogP contribution in [0.25, 0.3) is 0 Å². The first-order chi connectivity index (χ1) is 16.6. The van der Waals surface area contributed by atoms with Gasteiger partial charge < -0.3 is 29.6 Å². The van der Waals surface area contributed by atoms with E-state index < -0.39 is 35.7 Å². The molecule has 0 aliphatic carbocycles. The molecule has 0 aliphatic rings. The zero-order valence-electron chi connectivity index (χ0n) is 20.8. The second kappa shape index (κ2) is 13.3. The standard InChI is InChI=1S/C26H34N2O7/c1-26(2,3)35-25(31)28-22(17-32-4)23(29)27-21(15-18-11-13-20(33-5)14-12-18)24(30)34-16-19-9-7-6-8-10-19/h6-14,21-22H,15-17H2,1-5H3,(H,27,29)(H,28,31)/t21-,22-/m0/s1. The minimum absolute atomic E-state index is 0.0618. The Bertz CT molecular complexity index is 956. The van der Waals surface area contributed by atoms with Crippen LogP contribution in [0.1, 0.15) is 31.9 Å². The summed E-state index contributed by atoms with van der Waals surface area (Å²) in [6.07, 6.45) is -0.594. The number of nitrogens with one attached hydrogen (secondary N) is 2. The predicted octanol–water partition coefficient (Wildman–Crippen LogP) is 3.01. The van der Waals surface area contributed by atoms with Gasteiger partial charge in [0.15, 0.2) is 0 Å². The van der Waals surface area contributed by atoms with Gasteiger partial charge in [0.2, 0.25) is 5.91 Å². The van der Waals surface area contributed by atoms with E-state index in [1.807, 2.05) is 30.3 Å². The van der Waals surface area contributed by atoms with E-state index in [2.05, 4.69) is 10.6 Å². The quantitative estimate of drug-likeness (QED) is 0.470. The van der Waals surface area contributed by atoms with Crippen molar-refractivity contribution in [2.24, 2.45) is 0 Å². The molecule has 0 unspecified atom stereocenters. The summed E-state index contributed by atoms with van der Waals surface area (Å²) >= 11 is 0. The van der Waals surface area contributed by atoms with Gasteiger partial charge in [0.1, 0.15) is 30.0 Å². The molecule has 2 aromatic carbocycles. The molecule has 0 saturated heterocycles. The summed E-state index contributed by atoms with van der Waals surface area (Å²) < 4.78 is 21.0. The molecule has 0 saturated carbocycles. The van der Waals surface area contributed by atoms with Gasteiger partial charge in [-0.15, -0.1) is 0 Å². The van der Waals surface area contributed by atoms with Crippen LogP contribution in [0.15, 0.2) is 54.6 Å². The van der Waals surface area contributed by atoms with Crippen LogP contribution < -0.4 is 15.4 Å². The maximum atomic E-state index is 13.0. The molecule has 2 N–H and O–H groups in total. The zero-order chi connectivity index (χ0) is 25.8. The molecule has 0 bridgehead atoms. The molecule has 2 aromatic rings. The molecule has 35 heavy (non-hydrogen) atoms. The van der Waals surface area contributed by atoms with Crippen LogP contribution in [0.2, 0.25) is 0 Å². The lowest BCUT2D eigenvalue weighted by molar-refractivity contribution is -0.149. The fraction of sp³-hybridized carbons (Fsp3) is 0.423. The first kappa shape index (κ1) is 27.7. The van der Waals surface area contributed by atoms with E-state index in [0.29, 0.717) is 5.75 Å². The first-order valence-corrected chi connectivity index (χ1v) is 11.2. The summed E-state index contributed by atoms with van der Waals surface area (Å²) in [6, 6.07) is 14.3. The van der Waals surface area contributed by atoms with Crippen LogP contribution in [0.5, 0.6) is 5.75 Å². The van der Waals surface area contributed by atoms with Crippen LogP contribution in [0.3, 0.4) is 0 Å². The van der Waals surface area contributed by atoms with Crippen molar-refractivity contribution in [3.63, 3.8) is 0 Å². The summed E-state index contributed by atoms with van der Waals surface area (Å²) in [5, 5.41) is 5.18.